The molecule has 3 heteroatoms. The molecule has 0 atom stereocenters. The molecule has 1 N–H and O–H groups in total. The van der Waals surface area contributed by atoms with Gasteiger partial charge in [-0.05, 0) is 31.7 Å². The molecule has 3 nitrogen and oxygen atoms in total. The molecule has 118 valence electrons. The predicted molar refractivity (Wildman–Crippen MR) is 94.5 cm³/mol. The van der Waals surface area contributed by atoms with Gasteiger partial charge in [-0.25, -0.2) is 4.99 Å². The summed E-state index contributed by atoms with van der Waals surface area (Å²) >= 11 is 0. The maximum Gasteiger partial charge on any atom is 0.102 e. The van der Waals surface area contributed by atoms with E-state index in [1.807, 2.05) is 7.05 Å². The van der Waals surface area contributed by atoms with Crippen LogP contribution in [0.15, 0.2) is 29.8 Å². The van der Waals surface area contributed by atoms with Crippen molar-refractivity contribution < 1.29 is 0 Å². The molecule has 1 heterocycles. The maximum absolute atomic E-state index is 4.99. The molecule has 2 aliphatic rings. The number of para-hydroxylation sites is 1. The zero-order chi connectivity index (χ0) is 15.7. The number of likely N-dealkylation sites (tertiary alicyclic amines) is 1. The zero-order valence-electron chi connectivity index (χ0n) is 14.1. The Morgan fingerprint density at radius 2 is 2.09 bits per heavy atom. The van der Waals surface area contributed by atoms with E-state index in [4.69, 9.17) is 4.99 Å². The van der Waals surface area contributed by atoms with Crippen LogP contribution in [0.5, 0.6) is 0 Å². The molecule has 0 amide bonds. The van der Waals surface area contributed by atoms with E-state index in [9.17, 15) is 0 Å². The molecular weight excluding hydrogens is 270 g/mol. The first-order chi connectivity index (χ1) is 10.6. The minimum atomic E-state index is 0.637. The van der Waals surface area contributed by atoms with Crippen molar-refractivity contribution in [2.75, 3.05) is 20.1 Å². The monoisotopic (exact) mass is 297 g/mol. The molecule has 1 spiro atoms. The third-order valence-corrected chi connectivity index (χ3v) is 5.33. The van der Waals surface area contributed by atoms with Gasteiger partial charge in [-0.3, -0.25) is 0 Å². The number of aryl methyl sites for hydroxylation is 1. The number of rotatable bonds is 4. The number of nitrogens with zero attached hydrogens (tertiary/aromatic N) is 2. The highest BCUT2D eigenvalue weighted by molar-refractivity contribution is 5.86. The molecule has 0 aromatic heterocycles. The highest BCUT2D eigenvalue weighted by Gasteiger charge is 2.47. The Hall–Kier alpha value is -1.77. The number of hydrogen-bond donors (Lipinski definition) is 1. The number of aliphatic imine (C=N–C) groups is 1. The van der Waals surface area contributed by atoms with E-state index in [1.54, 1.807) is 0 Å². The summed E-state index contributed by atoms with van der Waals surface area (Å²) in [5.41, 5.74) is 5.04. The number of nitrogens with one attached hydrogen (secondary N) is 1. The van der Waals surface area contributed by atoms with Crippen LogP contribution in [0.1, 0.15) is 44.2 Å². The van der Waals surface area contributed by atoms with Gasteiger partial charge in [-0.2, -0.15) is 0 Å². The largest absolute Gasteiger partial charge is 0.388 e. The van der Waals surface area contributed by atoms with Crippen LogP contribution in [-0.4, -0.2) is 30.9 Å². The molecule has 1 aliphatic carbocycles. The van der Waals surface area contributed by atoms with Crippen LogP contribution in [0.3, 0.4) is 0 Å². The maximum atomic E-state index is 4.99. The van der Waals surface area contributed by atoms with Crippen molar-refractivity contribution in [1.82, 2.24) is 10.2 Å². The normalized spacial score (nSPS) is 19.6. The average molecular weight is 297 g/mol. The average Bonchev–Trinajstić information content (AvgIpc) is 2.43. The highest BCUT2D eigenvalue weighted by atomic mass is 15.3. The van der Waals surface area contributed by atoms with Gasteiger partial charge >= 0.3 is 0 Å². The summed E-state index contributed by atoms with van der Waals surface area (Å²) in [6.45, 7) is 10.8. The lowest BCUT2D eigenvalue weighted by atomic mass is 9.63. The van der Waals surface area contributed by atoms with E-state index in [-0.39, 0.29) is 0 Å². The third-order valence-electron chi connectivity index (χ3n) is 5.33. The Labute approximate surface area is 134 Å². The Bertz CT molecular complexity index is 603. The van der Waals surface area contributed by atoms with Crippen LogP contribution in [0.4, 0.5) is 5.69 Å². The molecule has 0 radical (unpaired) electrons. The second kappa shape index (κ2) is 5.79. The number of hydrogen-bond acceptors (Lipinski definition) is 2. The van der Waals surface area contributed by atoms with Gasteiger partial charge in [0.2, 0.25) is 0 Å². The second-order valence-corrected chi connectivity index (χ2v) is 6.76. The number of benzene rings is 1. The molecule has 2 fully saturated rings. The van der Waals surface area contributed by atoms with E-state index in [0.29, 0.717) is 5.41 Å². The van der Waals surface area contributed by atoms with Crippen molar-refractivity contribution in [3.05, 3.63) is 35.9 Å². The molecule has 3 rings (SSSR count). The van der Waals surface area contributed by atoms with E-state index >= 15 is 0 Å². The Morgan fingerprint density at radius 1 is 1.36 bits per heavy atom. The lowest BCUT2D eigenvalue weighted by molar-refractivity contribution is -0.0172. The first-order valence-corrected chi connectivity index (χ1v) is 8.38. The van der Waals surface area contributed by atoms with E-state index in [0.717, 1.165) is 29.2 Å². The zero-order valence-corrected chi connectivity index (χ0v) is 14.1. The summed E-state index contributed by atoms with van der Waals surface area (Å²) in [6.07, 6.45) is 5.21. The molecule has 0 unspecified atom stereocenters. The fourth-order valence-corrected chi connectivity index (χ4v) is 3.60. The van der Waals surface area contributed by atoms with E-state index < -0.39 is 0 Å². The summed E-state index contributed by atoms with van der Waals surface area (Å²) < 4.78 is 0. The van der Waals surface area contributed by atoms with Crippen LogP contribution >= 0.6 is 0 Å². The van der Waals surface area contributed by atoms with E-state index in [2.05, 4.69) is 48.8 Å². The molecule has 1 aliphatic heterocycles. The van der Waals surface area contributed by atoms with Crippen molar-refractivity contribution in [2.24, 2.45) is 10.4 Å². The fraction of sp³-hybridized carbons (Fsp3) is 0.526. The van der Waals surface area contributed by atoms with Crippen LogP contribution in [0.25, 0.3) is 5.70 Å². The van der Waals surface area contributed by atoms with Gasteiger partial charge in [0.05, 0.1) is 5.69 Å². The smallest absolute Gasteiger partial charge is 0.102 e. The summed E-state index contributed by atoms with van der Waals surface area (Å²) in [5.74, 6) is 1.14. The third kappa shape index (κ3) is 2.53. The van der Waals surface area contributed by atoms with Crippen LogP contribution < -0.4 is 5.32 Å². The van der Waals surface area contributed by atoms with Crippen LogP contribution in [0.2, 0.25) is 0 Å². The lowest BCUT2D eigenvalue weighted by Gasteiger charge is -2.56. The predicted octanol–water partition coefficient (Wildman–Crippen LogP) is 3.97. The molecule has 0 bridgehead atoms. The van der Waals surface area contributed by atoms with Gasteiger partial charge in [0.25, 0.3) is 0 Å². The molecule has 1 saturated carbocycles. The van der Waals surface area contributed by atoms with Gasteiger partial charge < -0.3 is 10.2 Å². The first-order valence-electron chi connectivity index (χ1n) is 8.38. The standard InChI is InChI=1S/C19H27N3/c1-5-16-8-6-9-17(14(2)20-4)18(16)21-15(3)22-12-19(13-22)10-7-11-19/h6,8-9,20H,2,5,7,10-13H2,1,3-4H3. The Balaban J connectivity index is 1.86. The van der Waals surface area contributed by atoms with Gasteiger partial charge in [0.15, 0.2) is 0 Å². The summed E-state index contributed by atoms with van der Waals surface area (Å²) in [7, 11) is 1.91. The molecule has 1 aromatic rings. The van der Waals surface area contributed by atoms with E-state index in [1.165, 1.54) is 37.9 Å². The van der Waals surface area contributed by atoms with Gasteiger partial charge in [0.1, 0.15) is 5.84 Å². The Kier molecular flexibility index (Phi) is 3.98. The Morgan fingerprint density at radius 3 is 2.64 bits per heavy atom. The highest BCUT2D eigenvalue weighted by Crippen LogP contribution is 2.48. The quantitative estimate of drug-likeness (QED) is 0.672. The summed E-state index contributed by atoms with van der Waals surface area (Å²) in [5, 5.41) is 3.16. The van der Waals surface area contributed by atoms with Crippen molar-refractivity contribution in [3.63, 3.8) is 0 Å². The van der Waals surface area contributed by atoms with Crippen molar-refractivity contribution in [3.8, 4) is 0 Å². The van der Waals surface area contributed by atoms with Crippen LogP contribution in [0, 0.1) is 5.41 Å². The fourth-order valence-electron chi connectivity index (χ4n) is 3.60. The van der Waals surface area contributed by atoms with Crippen molar-refractivity contribution in [2.45, 2.75) is 39.5 Å². The van der Waals surface area contributed by atoms with Gasteiger partial charge in [-0.1, -0.05) is 38.1 Å². The number of amidine groups is 1. The minimum Gasteiger partial charge on any atom is -0.388 e. The molecule has 22 heavy (non-hydrogen) atoms. The second-order valence-electron chi connectivity index (χ2n) is 6.76. The lowest BCUT2D eigenvalue weighted by Crippen LogP contribution is -2.60. The van der Waals surface area contributed by atoms with Crippen molar-refractivity contribution >= 4 is 17.2 Å². The van der Waals surface area contributed by atoms with Gasteiger partial charge in [0, 0.05) is 36.8 Å². The molecule has 1 aromatic carbocycles. The van der Waals surface area contributed by atoms with Crippen molar-refractivity contribution in [1.29, 1.82) is 0 Å². The first kappa shape index (κ1) is 15.1. The summed E-state index contributed by atoms with van der Waals surface area (Å²) in [6, 6.07) is 6.37. The molecule has 1 saturated heterocycles. The summed E-state index contributed by atoms with van der Waals surface area (Å²) in [4.78, 5) is 7.41. The van der Waals surface area contributed by atoms with Crippen LogP contribution in [-0.2, 0) is 6.42 Å². The topological polar surface area (TPSA) is 27.6 Å². The minimum absolute atomic E-state index is 0.637. The molecular formula is C19H27N3. The van der Waals surface area contributed by atoms with Gasteiger partial charge in [-0.15, -0.1) is 0 Å². The SMILES string of the molecule is C=C(NC)c1cccc(CC)c1N=C(C)N1CC2(CCC2)C1.